The first-order chi connectivity index (χ1) is 9.72. The molecular formula is C14H17BrN4O. The number of nitrogens with zero attached hydrogens (tertiary/aromatic N) is 3. The van der Waals surface area contributed by atoms with Gasteiger partial charge in [0, 0.05) is 25.2 Å². The molecule has 0 saturated heterocycles. The summed E-state index contributed by atoms with van der Waals surface area (Å²) in [7, 11) is 1.85. The maximum absolute atomic E-state index is 5.92. The Bertz CT molecular complexity index is 595. The van der Waals surface area contributed by atoms with Crippen LogP contribution in [0, 0.1) is 0 Å². The van der Waals surface area contributed by atoms with E-state index in [1.54, 1.807) is 4.68 Å². The van der Waals surface area contributed by atoms with Gasteiger partial charge in [-0.2, -0.15) is 0 Å². The molecular weight excluding hydrogens is 320 g/mol. The largest absolute Gasteiger partial charge is 0.486 e. The van der Waals surface area contributed by atoms with Crippen molar-refractivity contribution in [2.75, 3.05) is 0 Å². The Morgan fingerprint density at radius 1 is 1.45 bits per heavy atom. The SMILES string of the molecule is Cn1cc(COc2c(Br)cccc2CNC2CC2)nn1. The highest BCUT2D eigenvalue weighted by Gasteiger charge is 2.21. The summed E-state index contributed by atoms with van der Waals surface area (Å²) in [5, 5.41) is 11.4. The first-order valence-corrected chi connectivity index (χ1v) is 7.50. The van der Waals surface area contributed by atoms with Crippen molar-refractivity contribution in [2.45, 2.75) is 32.0 Å². The second kappa shape index (κ2) is 5.93. The summed E-state index contributed by atoms with van der Waals surface area (Å²) < 4.78 is 8.56. The molecule has 6 heteroatoms. The second-order valence-electron chi connectivity index (χ2n) is 5.06. The first-order valence-electron chi connectivity index (χ1n) is 6.71. The summed E-state index contributed by atoms with van der Waals surface area (Å²) in [5.74, 6) is 0.881. The zero-order valence-corrected chi connectivity index (χ0v) is 12.9. The topological polar surface area (TPSA) is 52.0 Å². The maximum Gasteiger partial charge on any atom is 0.138 e. The highest BCUT2D eigenvalue weighted by atomic mass is 79.9. The quantitative estimate of drug-likeness (QED) is 0.880. The van der Waals surface area contributed by atoms with Gasteiger partial charge in [0.1, 0.15) is 18.1 Å². The molecule has 0 unspecified atom stereocenters. The van der Waals surface area contributed by atoms with Crippen LogP contribution in [0.5, 0.6) is 5.75 Å². The molecule has 0 bridgehead atoms. The number of ether oxygens (including phenoxy) is 1. The molecule has 5 nitrogen and oxygen atoms in total. The van der Waals surface area contributed by atoms with Crippen molar-refractivity contribution in [3.8, 4) is 5.75 Å². The van der Waals surface area contributed by atoms with E-state index < -0.39 is 0 Å². The lowest BCUT2D eigenvalue weighted by atomic mass is 10.2. The van der Waals surface area contributed by atoms with E-state index in [1.165, 1.54) is 12.8 Å². The number of benzene rings is 1. The molecule has 106 valence electrons. The minimum absolute atomic E-state index is 0.423. The van der Waals surface area contributed by atoms with Gasteiger partial charge in [0.05, 0.1) is 10.7 Å². The van der Waals surface area contributed by atoms with Crippen LogP contribution in [0.4, 0.5) is 0 Å². The van der Waals surface area contributed by atoms with Crippen molar-refractivity contribution in [1.29, 1.82) is 0 Å². The van der Waals surface area contributed by atoms with Gasteiger partial charge >= 0.3 is 0 Å². The number of para-hydroxylation sites is 1. The highest BCUT2D eigenvalue weighted by Crippen LogP contribution is 2.30. The lowest BCUT2D eigenvalue weighted by Gasteiger charge is -2.13. The molecule has 0 atom stereocenters. The monoisotopic (exact) mass is 336 g/mol. The van der Waals surface area contributed by atoms with E-state index in [4.69, 9.17) is 4.74 Å². The molecule has 0 aliphatic heterocycles. The molecule has 1 aliphatic carbocycles. The van der Waals surface area contributed by atoms with Crippen molar-refractivity contribution >= 4 is 15.9 Å². The van der Waals surface area contributed by atoms with Gasteiger partial charge in [-0.1, -0.05) is 17.3 Å². The number of nitrogens with one attached hydrogen (secondary N) is 1. The van der Waals surface area contributed by atoms with Gasteiger partial charge < -0.3 is 10.1 Å². The van der Waals surface area contributed by atoms with E-state index in [9.17, 15) is 0 Å². The van der Waals surface area contributed by atoms with Crippen LogP contribution >= 0.6 is 15.9 Å². The number of aromatic nitrogens is 3. The van der Waals surface area contributed by atoms with Crippen molar-refractivity contribution in [2.24, 2.45) is 7.05 Å². The second-order valence-corrected chi connectivity index (χ2v) is 5.91. The summed E-state index contributed by atoms with van der Waals surface area (Å²) in [6.45, 7) is 1.26. The van der Waals surface area contributed by atoms with Crippen LogP contribution in [0.25, 0.3) is 0 Å². The molecule has 2 aromatic rings. The third-order valence-corrected chi connectivity index (χ3v) is 3.85. The predicted octanol–water partition coefficient (Wildman–Crippen LogP) is 2.41. The Hall–Kier alpha value is -1.40. The number of aryl methyl sites for hydroxylation is 1. The molecule has 1 aromatic heterocycles. The Morgan fingerprint density at radius 3 is 3.00 bits per heavy atom. The molecule has 0 amide bonds. The third kappa shape index (κ3) is 3.37. The summed E-state index contributed by atoms with van der Waals surface area (Å²) in [6, 6.07) is 6.80. The summed E-state index contributed by atoms with van der Waals surface area (Å²) in [4.78, 5) is 0. The van der Waals surface area contributed by atoms with E-state index in [1.807, 2.05) is 25.4 Å². The van der Waals surface area contributed by atoms with Gasteiger partial charge in [0.15, 0.2) is 0 Å². The zero-order valence-electron chi connectivity index (χ0n) is 11.3. The van der Waals surface area contributed by atoms with Crippen LogP contribution in [-0.2, 0) is 20.2 Å². The van der Waals surface area contributed by atoms with E-state index in [0.29, 0.717) is 12.6 Å². The van der Waals surface area contributed by atoms with Crippen molar-refractivity contribution in [3.05, 3.63) is 40.1 Å². The molecule has 1 aliphatic rings. The summed E-state index contributed by atoms with van der Waals surface area (Å²) >= 11 is 3.55. The van der Waals surface area contributed by atoms with Crippen LogP contribution in [0.15, 0.2) is 28.9 Å². The molecule has 1 saturated carbocycles. The third-order valence-electron chi connectivity index (χ3n) is 3.22. The molecule has 1 heterocycles. The molecule has 1 N–H and O–H groups in total. The number of halogens is 1. The average Bonchev–Trinajstić information content (AvgIpc) is 3.17. The predicted molar refractivity (Wildman–Crippen MR) is 79.3 cm³/mol. The zero-order chi connectivity index (χ0) is 13.9. The lowest BCUT2D eigenvalue weighted by molar-refractivity contribution is 0.295. The molecule has 1 fully saturated rings. The van der Waals surface area contributed by atoms with Gasteiger partial charge in [0.2, 0.25) is 0 Å². The average molecular weight is 337 g/mol. The lowest BCUT2D eigenvalue weighted by Crippen LogP contribution is -2.16. The first kappa shape index (κ1) is 13.6. The van der Waals surface area contributed by atoms with Gasteiger partial charge in [-0.15, -0.1) is 5.10 Å². The smallest absolute Gasteiger partial charge is 0.138 e. The van der Waals surface area contributed by atoms with Crippen molar-refractivity contribution < 1.29 is 4.74 Å². The van der Waals surface area contributed by atoms with Crippen molar-refractivity contribution in [3.63, 3.8) is 0 Å². The minimum Gasteiger partial charge on any atom is -0.486 e. The van der Waals surface area contributed by atoms with Crippen LogP contribution < -0.4 is 10.1 Å². The molecule has 0 radical (unpaired) electrons. The van der Waals surface area contributed by atoms with Crippen LogP contribution in [0.1, 0.15) is 24.1 Å². The van der Waals surface area contributed by atoms with Crippen LogP contribution in [0.3, 0.4) is 0 Å². The minimum atomic E-state index is 0.423. The van der Waals surface area contributed by atoms with Gasteiger partial charge in [-0.05, 0) is 34.8 Å². The highest BCUT2D eigenvalue weighted by molar-refractivity contribution is 9.10. The molecule has 20 heavy (non-hydrogen) atoms. The maximum atomic E-state index is 5.92. The Kier molecular flexibility index (Phi) is 4.03. The number of hydrogen-bond acceptors (Lipinski definition) is 4. The Morgan fingerprint density at radius 2 is 2.30 bits per heavy atom. The van der Waals surface area contributed by atoms with Crippen LogP contribution in [-0.4, -0.2) is 21.0 Å². The van der Waals surface area contributed by atoms with E-state index in [0.717, 1.165) is 28.0 Å². The Balaban J connectivity index is 1.69. The van der Waals surface area contributed by atoms with E-state index in [2.05, 4.69) is 37.6 Å². The van der Waals surface area contributed by atoms with E-state index in [-0.39, 0.29) is 0 Å². The summed E-state index contributed by atoms with van der Waals surface area (Å²) in [5.41, 5.74) is 1.99. The fraction of sp³-hybridized carbons (Fsp3) is 0.429. The fourth-order valence-electron chi connectivity index (χ4n) is 2.00. The Labute approximate surface area is 126 Å². The number of rotatable bonds is 6. The summed E-state index contributed by atoms with van der Waals surface area (Å²) in [6.07, 6.45) is 4.42. The van der Waals surface area contributed by atoms with Gasteiger partial charge in [-0.25, -0.2) is 0 Å². The fourth-order valence-corrected chi connectivity index (χ4v) is 2.53. The van der Waals surface area contributed by atoms with E-state index >= 15 is 0 Å². The van der Waals surface area contributed by atoms with Crippen molar-refractivity contribution in [1.82, 2.24) is 20.3 Å². The normalized spacial score (nSPS) is 14.5. The number of hydrogen-bond donors (Lipinski definition) is 1. The molecule has 3 rings (SSSR count). The van der Waals surface area contributed by atoms with Gasteiger partial charge in [-0.3, -0.25) is 4.68 Å². The standard InChI is InChI=1S/C14H17BrN4O/c1-19-8-12(17-18-19)9-20-14-10(3-2-4-13(14)15)7-16-11-5-6-11/h2-4,8,11,16H,5-7,9H2,1H3. The molecule has 1 aromatic carbocycles. The van der Waals surface area contributed by atoms with Gasteiger partial charge in [0.25, 0.3) is 0 Å². The van der Waals surface area contributed by atoms with Crippen LogP contribution in [0.2, 0.25) is 0 Å². The molecule has 0 spiro atoms.